The number of aliphatic hydroxyl groups excluding tert-OH is 1. The van der Waals surface area contributed by atoms with Gasteiger partial charge in [0, 0.05) is 0 Å². The molecule has 3 heteroatoms. The van der Waals surface area contributed by atoms with Gasteiger partial charge in [0.2, 0.25) is 0 Å². The van der Waals surface area contributed by atoms with Crippen LogP contribution in [0.4, 0.5) is 0 Å². The molecule has 0 aliphatic heterocycles. The average molecular weight is 130 g/mol. The Bertz CT molecular complexity index is 115. The van der Waals surface area contributed by atoms with Crippen LogP contribution in [0.3, 0.4) is 0 Å². The number of hydrogen-bond acceptors (Lipinski definition) is 3. The van der Waals surface area contributed by atoms with Gasteiger partial charge in [0.05, 0.1) is 6.10 Å². The van der Waals surface area contributed by atoms with Crippen LogP contribution in [-0.4, -0.2) is 17.5 Å². The Hall–Kier alpha value is -0.990. The van der Waals surface area contributed by atoms with Gasteiger partial charge in [-0.2, -0.15) is 0 Å². The molecule has 0 saturated heterocycles. The van der Waals surface area contributed by atoms with Gasteiger partial charge < -0.3 is 9.84 Å². The molecule has 9 heavy (non-hydrogen) atoms. The van der Waals surface area contributed by atoms with Crippen molar-refractivity contribution in [2.75, 3.05) is 0 Å². The first-order valence-corrected chi connectivity index (χ1v) is 2.67. The molecule has 1 N–H and O–H groups in total. The summed E-state index contributed by atoms with van der Waals surface area (Å²) in [5.41, 5.74) is 0. The largest absolute Gasteiger partial charge is 0.512 e. The lowest BCUT2D eigenvalue weighted by molar-refractivity contribution is -0.108. The van der Waals surface area contributed by atoms with Crippen molar-refractivity contribution >= 4 is 6.29 Å². The summed E-state index contributed by atoms with van der Waals surface area (Å²) in [4.78, 5) is 9.92. The van der Waals surface area contributed by atoms with Crippen LogP contribution in [0.5, 0.6) is 0 Å². The number of allylic oxidation sites excluding steroid dienone is 1. The first-order valence-electron chi connectivity index (χ1n) is 2.67. The lowest BCUT2D eigenvalue weighted by Gasteiger charge is -2.05. The highest BCUT2D eigenvalue weighted by Gasteiger charge is 1.97. The molecule has 3 nitrogen and oxygen atoms in total. The lowest BCUT2D eigenvalue weighted by Crippen LogP contribution is -2.02. The van der Waals surface area contributed by atoms with Gasteiger partial charge in [-0.15, -0.1) is 0 Å². The minimum absolute atomic E-state index is 0.0370. The van der Waals surface area contributed by atoms with Gasteiger partial charge in [-0.3, -0.25) is 4.79 Å². The number of ether oxygens (including phenoxy) is 1. The third-order valence-corrected chi connectivity index (χ3v) is 0.615. The van der Waals surface area contributed by atoms with Crippen LogP contribution in [0.1, 0.15) is 13.8 Å². The van der Waals surface area contributed by atoms with Crippen molar-refractivity contribution < 1.29 is 14.6 Å². The molecular formula is C6H10O3. The van der Waals surface area contributed by atoms with Gasteiger partial charge in [0.15, 0.2) is 12.0 Å². The van der Waals surface area contributed by atoms with Crippen molar-refractivity contribution in [2.45, 2.75) is 20.0 Å². The molecule has 0 aromatic heterocycles. The van der Waals surface area contributed by atoms with Gasteiger partial charge in [-0.05, 0) is 13.8 Å². The number of aliphatic hydroxyl groups is 1. The zero-order chi connectivity index (χ0) is 7.28. The number of rotatable bonds is 3. The summed E-state index contributed by atoms with van der Waals surface area (Å²) in [6.45, 7) is 3.54. The van der Waals surface area contributed by atoms with E-state index in [0.717, 1.165) is 0 Å². The zero-order valence-corrected chi connectivity index (χ0v) is 5.50. The summed E-state index contributed by atoms with van der Waals surface area (Å²) < 4.78 is 4.79. The first kappa shape index (κ1) is 8.01. The van der Waals surface area contributed by atoms with E-state index in [9.17, 15) is 4.79 Å². The minimum atomic E-state index is -0.0754. The molecule has 0 spiro atoms. The van der Waals surface area contributed by atoms with Crippen LogP contribution >= 0.6 is 0 Å². The molecule has 0 amide bonds. The molecule has 0 rings (SSSR count). The molecule has 52 valence electrons. The fraction of sp³-hybridized carbons (Fsp3) is 0.500. The second-order valence-corrected chi connectivity index (χ2v) is 1.82. The smallest absolute Gasteiger partial charge is 0.193 e. The van der Waals surface area contributed by atoms with E-state index in [2.05, 4.69) is 0 Å². The molecule has 0 aliphatic carbocycles. The maximum absolute atomic E-state index is 9.92. The molecule has 0 aromatic carbocycles. The first-order chi connectivity index (χ1) is 4.20. The normalized spacial score (nSPS) is 11.7. The zero-order valence-electron chi connectivity index (χ0n) is 5.50. The Kier molecular flexibility index (Phi) is 3.51. The van der Waals surface area contributed by atoms with Crippen LogP contribution in [0.25, 0.3) is 0 Å². The molecule has 0 fully saturated rings. The third kappa shape index (κ3) is 3.58. The molecule has 0 unspecified atom stereocenters. The van der Waals surface area contributed by atoms with E-state index < -0.39 is 0 Å². The fourth-order valence-corrected chi connectivity index (χ4v) is 0.361. The summed E-state index contributed by atoms with van der Waals surface area (Å²) in [5.74, 6) is -0.0370. The quantitative estimate of drug-likeness (QED) is 0.352. The van der Waals surface area contributed by atoms with E-state index in [1.807, 2.05) is 0 Å². The molecule has 0 aromatic rings. The molecule has 0 bridgehead atoms. The van der Waals surface area contributed by atoms with E-state index in [-0.39, 0.29) is 11.9 Å². The van der Waals surface area contributed by atoms with E-state index in [4.69, 9.17) is 9.84 Å². The van der Waals surface area contributed by atoms with E-state index in [1.165, 1.54) is 0 Å². The van der Waals surface area contributed by atoms with Crippen molar-refractivity contribution in [2.24, 2.45) is 0 Å². The topological polar surface area (TPSA) is 46.5 Å². The summed E-state index contributed by atoms with van der Waals surface area (Å²) in [5, 5.41) is 8.26. The lowest BCUT2D eigenvalue weighted by atomic mass is 10.5. The number of carbonyl (C=O) groups excluding carboxylic acids is 1. The predicted octanol–water partition coefficient (Wildman–Crippen LogP) is 1.01. The average Bonchev–Trinajstić information content (AvgIpc) is 1.82. The summed E-state index contributed by atoms with van der Waals surface area (Å²) >= 11 is 0. The molecule has 0 saturated carbocycles. The van der Waals surface area contributed by atoms with Crippen LogP contribution in [-0.2, 0) is 9.53 Å². The fourth-order valence-electron chi connectivity index (χ4n) is 0.361. The monoisotopic (exact) mass is 130 g/mol. The van der Waals surface area contributed by atoms with Gasteiger partial charge in [-0.25, -0.2) is 0 Å². The van der Waals surface area contributed by atoms with Gasteiger partial charge >= 0.3 is 0 Å². The summed E-state index contributed by atoms with van der Waals surface area (Å²) in [6.07, 6.45) is 1.03. The van der Waals surface area contributed by atoms with Crippen LogP contribution in [0.2, 0.25) is 0 Å². The Morgan fingerprint density at radius 1 is 1.67 bits per heavy atom. The van der Waals surface area contributed by atoms with Gasteiger partial charge in [-0.1, -0.05) is 0 Å². The SMILES string of the molecule is CC(C)O/C(C=O)=C/O. The van der Waals surface area contributed by atoms with Crippen molar-refractivity contribution in [1.82, 2.24) is 0 Å². The van der Waals surface area contributed by atoms with Crippen molar-refractivity contribution in [1.29, 1.82) is 0 Å². The highest BCUT2D eigenvalue weighted by molar-refractivity contribution is 5.69. The molecule has 0 atom stereocenters. The Labute approximate surface area is 53.9 Å². The van der Waals surface area contributed by atoms with Crippen LogP contribution < -0.4 is 0 Å². The molecule has 0 aliphatic rings. The van der Waals surface area contributed by atoms with Crippen molar-refractivity contribution in [3.05, 3.63) is 12.0 Å². The Balaban J connectivity index is 3.71. The van der Waals surface area contributed by atoms with Gasteiger partial charge in [0.1, 0.15) is 6.26 Å². The van der Waals surface area contributed by atoms with Crippen LogP contribution in [0, 0.1) is 0 Å². The Morgan fingerprint density at radius 2 is 2.22 bits per heavy atom. The second-order valence-electron chi connectivity index (χ2n) is 1.82. The molecular weight excluding hydrogens is 120 g/mol. The van der Waals surface area contributed by atoms with E-state index in [1.54, 1.807) is 13.8 Å². The molecule has 0 heterocycles. The van der Waals surface area contributed by atoms with E-state index in [0.29, 0.717) is 12.5 Å². The van der Waals surface area contributed by atoms with E-state index >= 15 is 0 Å². The number of aldehydes is 1. The summed E-state index contributed by atoms with van der Waals surface area (Å²) in [7, 11) is 0. The Morgan fingerprint density at radius 3 is 2.33 bits per heavy atom. The maximum atomic E-state index is 9.92. The highest BCUT2D eigenvalue weighted by Crippen LogP contribution is 1.96. The van der Waals surface area contributed by atoms with Crippen molar-refractivity contribution in [3.8, 4) is 0 Å². The molecule has 0 radical (unpaired) electrons. The summed E-state index contributed by atoms with van der Waals surface area (Å²) in [6, 6.07) is 0. The minimum Gasteiger partial charge on any atom is -0.512 e. The van der Waals surface area contributed by atoms with Gasteiger partial charge in [0.25, 0.3) is 0 Å². The second kappa shape index (κ2) is 3.95. The predicted molar refractivity (Wildman–Crippen MR) is 33.0 cm³/mol. The third-order valence-electron chi connectivity index (χ3n) is 0.615. The maximum Gasteiger partial charge on any atom is 0.193 e. The van der Waals surface area contributed by atoms with Crippen molar-refractivity contribution in [3.63, 3.8) is 0 Å². The number of carbonyl (C=O) groups is 1. The highest BCUT2D eigenvalue weighted by atomic mass is 16.5. The standard InChI is InChI=1S/C6H10O3/c1-5(2)9-6(3-7)4-8/h3-5,7H,1-2H3/b6-3+. The number of hydrogen-bond donors (Lipinski definition) is 1. The van der Waals surface area contributed by atoms with Crippen LogP contribution in [0.15, 0.2) is 12.0 Å².